The van der Waals surface area contributed by atoms with Crippen LogP contribution in [0.25, 0.3) is 5.57 Å². The second-order valence-electron chi connectivity index (χ2n) is 4.67. The van der Waals surface area contributed by atoms with Crippen molar-refractivity contribution >= 4 is 12.9 Å². The molecule has 17 heavy (non-hydrogen) atoms. The first kappa shape index (κ1) is 10.9. The molecule has 0 saturated heterocycles. The van der Waals surface area contributed by atoms with Crippen LogP contribution in [0.5, 0.6) is 5.75 Å². The molecular formula is C14H15O2P. The third-order valence-corrected chi connectivity index (χ3v) is 5.16. The predicted molar refractivity (Wildman–Crippen MR) is 70.6 cm³/mol. The van der Waals surface area contributed by atoms with Crippen LogP contribution in [0, 0.1) is 6.92 Å². The zero-order valence-corrected chi connectivity index (χ0v) is 11.0. The summed E-state index contributed by atoms with van der Waals surface area (Å²) in [4.78, 5) is 0. The van der Waals surface area contributed by atoms with Gasteiger partial charge in [-0.25, -0.2) is 0 Å². The number of hydrogen-bond donors (Lipinski definition) is 0. The maximum Gasteiger partial charge on any atom is 0.274 e. The first-order valence-corrected chi connectivity index (χ1v) is 7.95. The fourth-order valence-corrected chi connectivity index (χ4v) is 4.30. The summed E-state index contributed by atoms with van der Waals surface area (Å²) in [6.07, 6.45) is 6.24. The van der Waals surface area contributed by atoms with Crippen molar-refractivity contribution in [3.8, 4) is 5.75 Å². The maximum atomic E-state index is 12.6. The largest absolute Gasteiger partial charge is 0.439 e. The van der Waals surface area contributed by atoms with Crippen molar-refractivity contribution in [2.24, 2.45) is 0 Å². The Morgan fingerprint density at radius 1 is 1.24 bits per heavy atom. The lowest BCUT2D eigenvalue weighted by molar-refractivity contribution is 0.490. The molecule has 1 heterocycles. The highest BCUT2D eigenvalue weighted by atomic mass is 31.2. The van der Waals surface area contributed by atoms with Gasteiger partial charge in [0.1, 0.15) is 5.75 Å². The minimum absolute atomic E-state index is 0.795. The van der Waals surface area contributed by atoms with Gasteiger partial charge in [-0.3, -0.25) is 4.57 Å². The molecule has 1 aliphatic carbocycles. The van der Waals surface area contributed by atoms with Gasteiger partial charge in [-0.05, 0) is 30.9 Å². The van der Waals surface area contributed by atoms with E-state index in [2.05, 4.69) is 12.2 Å². The van der Waals surface area contributed by atoms with Gasteiger partial charge in [-0.1, -0.05) is 30.4 Å². The van der Waals surface area contributed by atoms with Crippen molar-refractivity contribution in [1.82, 2.24) is 0 Å². The normalized spacial score (nSPS) is 26.2. The fourth-order valence-electron chi connectivity index (χ4n) is 2.50. The van der Waals surface area contributed by atoms with Crippen molar-refractivity contribution in [1.29, 1.82) is 0 Å². The van der Waals surface area contributed by atoms with Crippen LogP contribution < -0.4 is 4.52 Å². The highest BCUT2D eigenvalue weighted by Crippen LogP contribution is 2.63. The Bertz CT molecular complexity index is 596. The fraction of sp³-hybridized carbons (Fsp3) is 0.286. The zero-order valence-electron chi connectivity index (χ0n) is 10.1. The highest BCUT2D eigenvalue weighted by Gasteiger charge is 2.35. The molecule has 2 aliphatic rings. The van der Waals surface area contributed by atoms with Gasteiger partial charge >= 0.3 is 0 Å². The Hall–Kier alpha value is -1.27. The van der Waals surface area contributed by atoms with Gasteiger partial charge in [0.25, 0.3) is 7.37 Å². The van der Waals surface area contributed by atoms with Crippen LogP contribution in [0.1, 0.15) is 24.0 Å². The molecule has 1 aromatic rings. The number of allylic oxidation sites excluding steroid dienone is 4. The lowest BCUT2D eigenvalue weighted by atomic mass is 9.97. The highest BCUT2D eigenvalue weighted by molar-refractivity contribution is 7.64. The van der Waals surface area contributed by atoms with Crippen molar-refractivity contribution in [3.63, 3.8) is 0 Å². The van der Waals surface area contributed by atoms with E-state index in [1.807, 2.05) is 25.1 Å². The molecule has 3 heteroatoms. The predicted octanol–water partition coefficient (Wildman–Crippen LogP) is 4.36. The molecule has 0 saturated carbocycles. The smallest absolute Gasteiger partial charge is 0.274 e. The van der Waals surface area contributed by atoms with Gasteiger partial charge in [-0.15, -0.1) is 0 Å². The number of fused-ring (bicyclic) bond motifs is 3. The summed E-state index contributed by atoms with van der Waals surface area (Å²) in [5, 5.41) is 0.904. The SMILES string of the molecule is Cc1cccc2c1OP(C)(=O)C1=CCCC=C12. The Morgan fingerprint density at radius 2 is 2.00 bits per heavy atom. The molecule has 3 rings (SSSR count). The molecule has 0 fully saturated rings. The summed E-state index contributed by atoms with van der Waals surface area (Å²) in [6.45, 7) is 3.71. The Kier molecular flexibility index (Phi) is 2.31. The van der Waals surface area contributed by atoms with E-state index in [1.54, 1.807) is 6.66 Å². The van der Waals surface area contributed by atoms with Gasteiger partial charge in [0, 0.05) is 12.2 Å². The monoisotopic (exact) mass is 246 g/mol. The molecule has 0 bridgehead atoms. The first-order valence-electron chi connectivity index (χ1n) is 5.88. The van der Waals surface area contributed by atoms with Gasteiger partial charge in [0.2, 0.25) is 0 Å². The molecule has 1 aliphatic heterocycles. The van der Waals surface area contributed by atoms with E-state index in [1.165, 1.54) is 0 Å². The lowest BCUT2D eigenvalue weighted by Gasteiger charge is -2.31. The number of benzene rings is 1. The summed E-state index contributed by atoms with van der Waals surface area (Å²) in [5.74, 6) is 0.795. The van der Waals surface area contributed by atoms with Crippen molar-refractivity contribution in [3.05, 3.63) is 46.8 Å². The summed E-state index contributed by atoms with van der Waals surface area (Å²) in [5.41, 5.74) is 3.26. The van der Waals surface area contributed by atoms with Gasteiger partial charge in [-0.2, -0.15) is 0 Å². The van der Waals surface area contributed by atoms with E-state index in [4.69, 9.17) is 4.52 Å². The molecule has 0 radical (unpaired) electrons. The van der Waals surface area contributed by atoms with Crippen LogP contribution in [0.15, 0.2) is 35.7 Å². The third-order valence-electron chi connectivity index (χ3n) is 3.33. The van der Waals surface area contributed by atoms with Crippen LogP contribution in [0.2, 0.25) is 0 Å². The second-order valence-corrected chi connectivity index (χ2v) is 7.03. The number of hydrogen-bond acceptors (Lipinski definition) is 2. The van der Waals surface area contributed by atoms with Gasteiger partial charge < -0.3 is 4.52 Å². The molecule has 0 amide bonds. The summed E-state index contributed by atoms with van der Waals surface area (Å²) < 4.78 is 18.3. The van der Waals surface area contributed by atoms with E-state index in [0.29, 0.717) is 0 Å². The Balaban J connectivity index is 2.30. The Labute approximate surface area is 101 Å². The molecular weight excluding hydrogens is 231 g/mol. The van der Waals surface area contributed by atoms with E-state index in [9.17, 15) is 4.57 Å². The minimum atomic E-state index is -2.68. The van der Waals surface area contributed by atoms with E-state index < -0.39 is 7.37 Å². The van der Waals surface area contributed by atoms with E-state index >= 15 is 0 Å². The van der Waals surface area contributed by atoms with E-state index in [-0.39, 0.29) is 0 Å². The Morgan fingerprint density at radius 3 is 2.82 bits per heavy atom. The standard InChI is InChI=1S/C14H15O2P/c1-10-6-5-8-12-11-7-3-4-9-13(11)17(2,15)16-14(10)12/h5-9H,3-4H2,1-2H3. The van der Waals surface area contributed by atoms with Crippen LogP contribution in [-0.2, 0) is 4.57 Å². The molecule has 0 N–H and O–H groups in total. The molecule has 1 aromatic carbocycles. The molecule has 1 atom stereocenters. The van der Waals surface area contributed by atoms with Gasteiger partial charge in [0.15, 0.2) is 0 Å². The molecule has 0 aromatic heterocycles. The average Bonchev–Trinajstić information content (AvgIpc) is 2.31. The second kappa shape index (κ2) is 3.61. The van der Waals surface area contributed by atoms with Crippen molar-refractivity contribution < 1.29 is 9.09 Å². The minimum Gasteiger partial charge on any atom is -0.439 e. The summed E-state index contributed by atoms with van der Waals surface area (Å²) in [7, 11) is -2.68. The van der Waals surface area contributed by atoms with Crippen molar-refractivity contribution in [2.75, 3.05) is 6.66 Å². The zero-order chi connectivity index (χ0) is 12.0. The van der Waals surface area contributed by atoms with Crippen LogP contribution in [0.4, 0.5) is 0 Å². The number of para-hydroxylation sites is 1. The maximum absolute atomic E-state index is 12.6. The molecule has 88 valence electrons. The van der Waals surface area contributed by atoms with Crippen molar-refractivity contribution in [2.45, 2.75) is 19.8 Å². The molecule has 0 spiro atoms. The summed E-state index contributed by atoms with van der Waals surface area (Å²) >= 11 is 0. The molecule has 1 unspecified atom stereocenters. The number of rotatable bonds is 0. The number of aryl methyl sites for hydroxylation is 1. The summed E-state index contributed by atoms with van der Waals surface area (Å²) in [6, 6.07) is 6.07. The quantitative estimate of drug-likeness (QED) is 0.636. The van der Waals surface area contributed by atoms with Crippen LogP contribution >= 0.6 is 7.37 Å². The topological polar surface area (TPSA) is 26.3 Å². The third kappa shape index (κ3) is 1.59. The van der Waals surface area contributed by atoms with E-state index in [0.717, 1.165) is 40.6 Å². The van der Waals surface area contributed by atoms with Crippen LogP contribution in [0.3, 0.4) is 0 Å². The first-order chi connectivity index (χ1) is 8.09. The van der Waals surface area contributed by atoms with Gasteiger partial charge in [0.05, 0.1) is 5.31 Å². The lowest BCUT2D eigenvalue weighted by Crippen LogP contribution is -2.09. The average molecular weight is 246 g/mol. The molecule has 2 nitrogen and oxygen atoms in total. The van der Waals surface area contributed by atoms with Crippen LogP contribution in [-0.4, -0.2) is 6.66 Å².